The molecule has 0 saturated carbocycles. The van der Waals surface area contributed by atoms with Crippen molar-refractivity contribution < 1.29 is 14.0 Å². The molecule has 1 saturated heterocycles. The number of nitrogens with zero attached hydrogens (tertiary/aromatic N) is 4. The number of anilines is 1. The van der Waals surface area contributed by atoms with Crippen LogP contribution in [0.3, 0.4) is 0 Å². The van der Waals surface area contributed by atoms with Gasteiger partial charge in [-0.15, -0.1) is 10.2 Å². The first-order valence-electron chi connectivity index (χ1n) is 9.37. The summed E-state index contributed by atoms with van der Waals surface area (Å²) in [5.74, 6) is 0.0810. The number of aromatic nitrogens is 3. The minimum Gasteiger partial charge on any atom is -0.454 e. The van der Waals surface area contributed by atoms with E-state index >= 15 is 0 Å². The number of benzene rings is 2. The fraction of sp³-hybridized carbons (Fsp3) is 0.136. The molecule has 1 atom stereocenters. The molecular weight excluding hydrogens is 400 g/mol. The third-order valence-corrected chi connectivity index (χ3v) is 5.91. The lowest BCUT2D eigenvalue weighted by Gasteiger charge is -2.14. The Balaban J connectivity index is 1.33. The van der Waals surface area contributed by atoms with E-state index in [2.05, 4.69) is 15.2 Å². The van der Waals surface area contributed by atoms with Crippen LogP contribution in [0.25, 0.3) is 22.4 Å². The second-order valence-electron chi connectivity index (χ2n) is 6.99. The van der Waals surface area contributed by atoms with Crippen LogP contribution in [-0.2, 0) is 9.59 Å². The van der Waals surface area contributed by atoms with E-state index in [1.807, 2.05) is 49.4 Å². The summed E-state index contributed by atoms with van der Waals surface area (Å²) < 4.78 is 5.78. The first kappa shape index (κ1) is 18.5. The largest absolute Gasteiger partial charge is 0.454 e. The zero-order chi connectivity index (χ0) is 20.7. The van der Waals surface area contributed by atoms with Gasteiger partial charge in [-0.05, 0) is 31.2 Å². The number of amides is 2. The van der Waals surface area contributed by atoms with Crippen molar-refractivity contribution in [3.8, 4) is 11.5 Å². The lowest BCUT2D eigenvalue weighted by Crippen LogP contribution is -2.31. The van der Waals surface area contributed by atoms with Gasteiger partial charge in [0.2, 0.25) is 17.0 Å². The molecule has 7 nitrogen and oxygen atoms in total. The zero-order valence-corrected chi connectivity index (χ0v) is 16.8. The fourth-order valence-electron chi connectivity index (χ4n) is 3.33. The van der Waals surface area contributed by atoms with Crippen LogP contribution < -0.4 is 4.90 Å². The number of para-hydroxylation sites is 1. The van der Waals surface area contributed by atoms with E-state index in [4.69, 9.17) is 4.42 Å². The van der Waals surface area contributed by atoms with Gasteiger partial charge in [0, 0.05) is 11.8 Å². The normalized spacial score (nSPS) is 16.6. The van der Waals surface area contributed by atoms with E-state index in [0.717, 1.165) is 28.3 Å². The van der Waals surface area contributed by atoms with Gasteiger partial charge in [-0.1, -0.05) is 47.7 Å². The number of carbonyl (C=O) groups is 2. The number of imide groups is 1. The van der Waals surface area contributed by atoms with Crippen LogP contribution in [0.5, 0.6) is 0 Å². The summed E-state index contributed by atoms with van der Waals surface area (Å²) in [5, 5.41) is 9.04. The first-order valence-corrected chi connectivity index (χ1v) is 10.3. The molecule has 1 aliphatic rings. The van der Waals surface area contributed by atoms with E-state index in [9.17, 15) is 9.59 Å². The Morgan fingerprint density at radius 2 is 1.87 bits per heavy atom. The van der Waals surface area contributed by atoms with Crippen LogP contribution in [0, 0.1) is 6.92 Å². The minimum absolute atomic E-state index is 0.103. The SMILES string of the molecule is Cc1ccc(N2C(=O)CC(Sc3ncc(-c4cc5ccccc5o4)nn3)C2=O)cc1. The highest BCUT2D eigenvalue weighted by atomic mass is 32.2. The van der Waals surface area contributed by atoms with Crippen molar-refractivity contribution in [1.29, 1.82) is 0 Å². The van der Waals surface area contributed by atoms with Crippen LogP contribution >= 0.6 is 11.8 Å². The standard InChI is InChI=1S/C22H16N4O3S/c1-13-6-8-15(9-7-13)26-20(27)11-19(21(26)28)30-22-23-12-16(24-25-22)18-10-14-4-2-3-5-17(14)29-18/h2-10,12,19H,11H2,1H3. The highest BCUT2D eigenvalue weighted by Crippen LogP contribution is 2.33. The number of hydrogen-bond acceptors (Lipinski definition) is 7. The van der Waals surface area contributed by atoms with Crippen molar-refractivity contribution in [1.82, 2.24) is 15.2 Å². The van der Waals surface area contributed by atoms with Crippen LogP contribution in [0.4, 0.5) is 5.69 Å². The summed E-state index contributed by atoms with van der Waals surface area (Å²) in [5.41, 5.74) is 2.91. The molecule has 0 aliphatic carbocycles. The summed E-state index contributed by atoms with van der Waals surface area (Å²) in [6, 6.07) is 16.9. The van der Waals surface area contributed by atoms with Gasteiger partial charge in [-0.2, -0.15) is 0 Å². The van der Waals surface area contributed by atoms with Crippen molar-refractivity contribution >= 4 is 40.2 Å². The molecule has 148 valence electrons. The molecule has 5 rings (SSSR count). The Morgan fingerprint density at radius 1 is 1.07 bits per heavy atom. The molecule has 1 unspecified atom stereocenters. The average molecular weight is 416 g/mol. The molecule has 1 aliphatic heterocycles. The quantitative estimate of drug-likeness (QED) is 0.464. The summed E-state index contributed by atoms with van der Waals surface area (Å²) in [7, 11) is 0. The van der Waals surface area contributed by atoms with Crippen LogP contribution in [-0.4, -0.2) is 32.2 Å². The van der Waals surface area contributed by atoms with E-state index in [-0.39, 0.29) is 18.2 Å². The maximum absolute atomic E-state index is 12.8. The lowest BCUT2D eigenvalue weighted by molar-refractivity contribution is -0.121. The summed E-state index contributed by atoms with van der Waals surface area (Å²) in [4.78, 5) is 30.7. The fourth-order valence-corrected chi connectivity index (χ4v) is 4.22. The number of hydrogen-bond donors (Lipinski definition) is 0. The second kappa shape index (κ2) is 7.38. The Hall–Kier alpha value is -3.52. The highest BCUT2D eigenvalue weighted by Gasteiger charge is 2.40. The molecule has 3 heterocycles. The predicted molar refractivity (Wildman–Crippen MR) is 113 cm³/mol. The van der Waals surface area contributed by atoms with E-state index in [1.54, 1.807) is 18.3 Å². The van der Waals surface area contributed by atoms with Gasteiger partial charge in [0.05, 0.1) is 11.9 Å². The monoisotopic (exact) mass is 416 g/mol. The van der Waals surface area contributed by atoms with Crippen LogP contribution in [0.1, 0.15) is 12.0 Å². The van der Waals surface area contributed by atoms with E-state index < -0.39 is 5.25 Å². The molecule has 1 fully saturated rings. The van der Waals surface area contributed by atoms with Gasteiger partial charge in [-0.25, -0.2) is 9.88 Å². The van der Waals surface area contributed by atoms with Crippen molar-refractivity contribution in [3.63, 3.8) is 0 Å². The van der Waals surface area contributed by atoms with E-state index in [0.29, 0.717) is 22.3 Å². The Kier molecular flexibility index (Phi) is 4.55. The number of carbonyl (C=O) groups excluding carboxylic acids is 2. The van der Waals surface area contributed by atoms with Crippen molar-refractivity contribution in [2.24, 2.45) is 0 Å². The summed E-state index contributed by atoms with van der Waals surface area (Å²) >= 11 is 1.15. The molecule has 30 heavy (non-hydrogen) atoms. The lowest BCUT2D eigenvalue weighted by atomic mass is 10.2. The van der Waals surface area contributed by atoms with Crippen LogP contribution in [0.2, 0.25) is 0 Å². The average Bonchev–Trinajstić information content (AvgIpc) is 3.30. The third kappa shape index (κ3) is 3.35. The molecule has 8 heteroatoms. The Labute approximate surface area is 176 Å². The Bertz CT molecular complexity index is 1220. The topological polar surface area (TPSA) is 89.2 Å². The number of fused-ring (bicyclic) bond motifs is 1. The van der Waals surface area contributed by atoms with Crippen molar-refractivity contribution in [2.45, 2.75) is 23.8 Å². The van der Waals surface area contributed by atoms with Gasteiger partial charge < -0.3 is 4.42 Å². The molecule has 2 amide bonds. The molecular formula is C22H16N4O3S. The summed E-state index contributed by atoms with van der Waals surface area (Å²) in [6.07, 6.45) is 1.66. The van der Waals surface area contributed by atoms with Gasteiger partial charge in [0.25, 0.3) is 0 Å². The number of aryl methyl sites for hydroxylation is 1. The molecule has 0 radical (unpaired) electrons. The van der Waals surface area contributed by atoms with Crippen LogP contribution in [0.15, 0.2) is 70.4 Å². The molecule has 2 aromatic carbocycles. The number of furan rings is 1. The first-order chi connectivity index (χ1) is 14.6. The number of rotatable bonds is 4. The molecule has 2 aromatic heterocycles. The van der Waals surface area contributed by atoms with Crippen molar-refractivity contribution in [2.75, 3.05) is 4.90 Å². The second-order valence-corrected chi connectivity index (χ2v) is 8.16. The Morgan fingerprint density at radius 3 is 2.60 bits per heavy atom. The predicted octanol–water partition coefficient (Wildman–Crippen LogP) is 4.02. The van der Waals surface area contributed by atoms with Crippen molar-refractivity contribution in [3.05, 3.63) is 66.4 Å². The van der Waals surface area contributed by atoms with E-state index in [1.165, 1.54) is 4.90 Å². The zero-order valence-electron chi connectivity index (χ0n) is 16.0. The molecule has 0 spiro atoms. The third-order valence-electron chi connectivity index (χ3n) is 4.86. The minimum atomic E-state index is -0.572. The maximum Gasteiger partial charge on any atom is 0.247 e. The summed E-state index contributed by atoms with van der Waals surface area (Å²) in [6.45, 7) is 1.95. The maximum atomic E-state index is 12.8. The van der Waals surface area contributed by atoms with Gasteiger partial charge in [-0.3, -0.25) is 9.59 Å². The van der Waals surface area contributed by atoms with Gasteiger partial charge >= 0.3 is 0 Å². The van der Waals surface area contributed by atoms with Gasteiger partial charge in [0.1, 0.15) is 16.5 Å². The molecule has 4 aromatic rings. The highest BCUT2D eigenvalue weighted by molar-refractivity contribution is 8.00. The number of thioether (sulfide) groups is 1. The van der Waals surface area contributed by atoms with Gasteiger partial charge in [0.15, 0.2) is 5.76 Å². The molecule has 0 bridgehead atoms. The smallest absolute Gasteiger partial charge is 0.247 e. The molecule has 0 N–H and O–H groups in total.